The molecule has 1 aromatic rings. The van der Waals surface area contributed by atoms with E-state index in [1.165, 1.54) is 11.3 Å². The second-order valence-corrected chi connectivity index (χ2v) is 6.41. The lowest BCUT2D eigenvalue weighted by Gasteiger charge is -2.30. The van der Waals surface area contributed by atoms with Gasteiger partial charge >= 0.3 is 4.87 Å². The van der Waals surface area contributed by atoms with Crippen LogP contribution in [0.2, 0.25) is 0 Å². The summed E-state index contributed by atoms with van der Waals surface area (Å²) in [6.45, 7) is 7.88. The number of nitrogens with one attached hydrogen (secondary N) is 2. The van der Waals surface area contributed by atoms with E-state index in [2.05, 4.69) is 17.6 Å². The molecule has 7 heteroatoms. The second-order valence-electron chi connectivity index (χ2n) is 5.24. The van der Waals surface area contributed by atoms with Crippen LogP contribution in [0.4, 0.5) is 0 Å². The van der Waals surface area contributed by atoms with Gasteiger partial charge in [-0.05, 0) is 32.7 Å². The molecule has 1 fully saturated rings. The smallest absolute Gasteiger partial charge is 0.308 e. The molecule has 2 rings (SSSR count). The van der Waals surface area contributed by atoms with Crippen molar-refractivity contribution in [3.63, 3.8) is 0 Å². The molecule has 1 aliphatic heterocycles. The summed E-state index contributed by atoms with van der Waals surface area (Å²) in [6, 6.07) is 0.164. The minimum absolute atomic E-state index is 0. The van der Waals surface area contributed by atoms with Crippen LogP contribution in [0.25, 0.3) is 0 Å². The molecule has 2 atom stereocenters. The van der Waals surface area contributed by atoms with E-state index in [1.807, 2.05) is 13.8 Å². The lowest BCUT2D eigenvalue weighted by molar-refractivity contribution is -0.122. The average molecular weight is 320 g/mol. The average Bonchev–Trinajstić information content (AvgIpc) is 2.59. The van der Waals surface area contributed by atoms with Crippen LogP contribution in [0, 0.1) is 19.8 Å². The Balaban J connectivity index is 0.00000200. The first-order chi connectivity index (χ1) is 8.99. The molecule has 2 heterocycles. The summed E-state index contributed by atoms with van der Waals surface area (Å²) in [5.41, 5.74) is 0.889. The van der Waals surface area contributed by atoms with Crippen molar-refractivity contribution in [1.29, 1.82) is 0 Å². The van der Waals surface area contributed by atoms with Gasteiger partial charge in [0.25, 0.3) is 0 Å². The van der Waals surface area contributed by atoms with Crippen LogP contribution in [0.15, 0.2) is 4.79 Å². The van der Waals surface area contributed by atoms with E-state index in [1.54, 1.807) is 4.57 Å². The molecule has 1 aromatic heterocycles. The van der Waals surface area contributed by atoms with Gasteiger partial charge in [-0.1, -0.05) is 18.3 Å². The summed E-state index contributed by atoms with van der Waals surface area (Å²) < 4.78 is 1.55. The molecule has 20 heavy (non-hydrogen) atoms. The molecule has 2 unspecified atom stereocenters. The first kappa shape index (κ1) is 17.2. The number of aryl methyl sites for hydroxylation is 1. The molecule has 0 aromatic carbocycles. The van der Waals surface area contributed by atoms with Gasteiger partial charge in [0.2, 0.25) is 5.91 Å². The fraction of sp³-hybridized carbons (Fsp3) is 0.692. The highest BCUT2D eigenvalue weighted by Gasteiger charge is 2.23. The number of hydrogen-bond donors (Lipinski definition) is 2. The summed E-state index contributed by atoms with van der Waals surface area (Å²) in [7, 11) is 0. The Morgan fingerprint density at radius 2 is 2.20 bits per heavy atom. The number of amides is 1. The molecule has 0 spiro atoms. The number of piperidine rings is 1. The summed E-state index contributed by atoms with van der Waals surface area (Å²) in [5, 5.41) is 6.30. The van der Waals surface area contributed by atoms with E-state index in [4.69, 9.17) is 0 Å². The fourth-order valence-electron chi connectivity index (χ4n) is 2.35. The Morgan fingerprint density at radius 1 is 1.50 bits per heavy atom. The van der Waals surface area contributed by atoms with Gasteiger partial charge in [-0.15, -0.1) is 12.4 Å². The van der Waals surface area contributed by atoms with Crippen LogP contribution >= 0.6 is 23.7 Å². The molecule has 1 saturated heterocycles. The van der Waals surface area contributed by atoms with E-state index >= 15 is 0 Å². The van der Waals surface area contributed by atoms with E-state index in [0.717, 1.165) is 30.1 Å². The SMILES string of the molecule is Cc1sc(=O)n(CC(=O)NC2CNCCC2C)c1C.Cl. The normalized spacial score (nSPS) is 22.1. The summed E-state index contributed by atoms with van der Waals surface area (Å²) >= 11 is 1.20. The van der Waals surface area contributed by atoms with Crippen molar-refractivity contribution in [2.24, 2.45) is 5.92 Å². The van der Waals surface area contributed by atoms with Crippen molar-refractivity contribution in [3.8, 4) is 0 Å². The summed E-state index contributed by atoms with van der Waals surface area (Å²) in [6.07, 6.45) is 1.07. The first-order valence-corrected chi connectivity index (χ1v) is 7.47. The number of rotatable bonds is 3. The molecule has 0 radical (unpaired) electrons. The Kier molecular flexibility index (Phi) is 6.23. The molecular formula is C13H22ClN3O2S. The van der Waals surface area contributed by atoms with E-state index < -0.39 is 0 Å². The monoisotopic (exact) mass is 319 g/mol. The fourth-order valence-corrected chi connectivity index (χ4v) is 3.18. The van der Waals surface area contributed by atoms with Gasteiger partial charge < -0.3 is 10.6 Å². The summed E-state index contributed by atoms with van der Waals surface area (Å²) in [4.78, 5) is 24.7. The van der Waals surface area contributed by atoms with Crippen LogP contribution in [-0.2, 0) is 11.3 Å². The van der Waals surface area contributed by atoms with Crippen LogP contribution in [0.1, 0.15) is 23.9 Å². The van der Waals surface area contributed by atoms with Gasteiger partial charge in [0.05, 0.1) is 0 Å². The first-order valence-electron chi connectivity index (χ1n) is 6.66. The number of thiazole rings is 1. The molecule has 0 saturated carbocycles. The Bertz CT molecular complexity index is 526. The Morgan fingerprint density at radius 3 is 2.75 bits per heavy atom. The van der Waals surface area contributed by atoms with Gasteiger partial charge in [-0.2, -0.15) is 0 Å². The molecule has 5 nitrogen and oxygen atoms in total. The quantitative estimate of drug-likeness (QED) is 0.876. The summed E-state index contributed by atoms with van der Waals surface area (Å²) in [5.74, 6) is 0.399. The van der Waals surface area contributed by atoms with Crippen LogP contribution in [0.3, 0.4) is 0 Å². The number of nitrogens with zero attached hydrogens (tertiary/aromatic N) is 1. The topological polar surface area (TPSA) is 63.1 Å². The lowest BCUT2D eigenvalue weighted by atomic mass is 9.95. The van der Waals surface area contributed by atoms with E-state index in [-0.39, 0.29) is 35.8 Å². The van der Waals surface area contributed by atoms with Crippen molar-refractivity contribution >= 4 is 29.7 Å². The van der Waals surface area contributed by atoms with Gasteiger partial charge in [-0.25, -0.2) is 0 Å². The predicted molar refractivity (Wildman–Crippen MR) is 83.9 cm³/mol. The van der Waals surface area contributed by atoms with Crippen molar-refractivity contribution < 1.29 is 4.79 Å². The highest BCUT2D eigenvalue weighted by atomic mass is 35.5. The highest BCUT2D eigenvalue weighted by Crippen LogP contribution is 2.12. The van der Waals surface area contributed by atoms with Crippen LogP contribution in [0.5, 0.6) is 0 Å². The Hall–Kier alpha value is -0.850. The highest BCUT2D eigenvalue weighted by molar-refractivity contribution is 7.09. The third kappa shape index (κ3) is 3.84. The van der Waals surface area contributed by atoms with E-state index in [9.17, 15) is 9.59 Å². The van der Waals surface area contributed by atoms with Gasteiger partial charge in [-0.3, -0.25) is 14.2 Å². The minimum Gasteiger partial charge on any atom is -0.350 e. The maximum Gasteiger partial charge on any atom is 0.308 e. The van der Waals surface area contributed by atoms with Gasteiger partial charge in [0.15, 0.2) is 0 Å². The van der Waals surface area contributed by atoms with Crippen molar-refractivity contribution in [3.05, 3.63) is 20.2 Å². The zero-order valence-electron chi connectivity index (χ0n) is 12.1. The molecule has 1 amide bonds. The molecule has 0 bridgehead atoms. The van der Waals surface area contributed by atoms with Crippen molar-refractivity contribution in [2.45, 2.75) is 39.8 Å². The molecular weight excluding hydrogens is 298 g/mol. The molecule has 0 aliphatic carbocycles. The maximum absolute atomic E-state index is 12.0. The number of aromatic nitrogens is 1. The van der Waals surface area contributed by atoms with Crippen molar-refractivity contribution in [1.82, 2.24) is 15.2 Å². The number of halogens is 1. The number of hydrogen-bond acceptors (Lipinski definition) is 4. The number of carbonyl (C=O) groups is 1. The van der Waals surface area contributed by atoms with Gasteiger partial charge in [0.1, 0.15) is 6.54 Å². The molecule has 2 N–H and O–H groups in total. The lowest BCUT2D eigenvalue weighted by Crippen LogP contribution is -2.51. The van der Waals surface area contributed by atoms with Crippen molar-refractivity contribution in [2.75, 3.05) is 13.1 Å². The Labute approximate surface area is 129 Å². The zero-order chi connectivity index (χ0) is 14.0. The molecule has 1 aliphatic rings. The van der Waals surface area contributed by atoms with Crippen LogP contribution in [-0.4, -0.2) is 29.6 Å². The largest absolute Gasteiger partial charge is 0.350 e. The van der Waals surface area contributed by atoms with Crippen LogP contribution < -0.4 is 15.5 Å². The number of carbonyl (C=O) groups excluding carboxylic acids is 1. The van der Waals surface area contributed by atoms with Gasteiger partial charge in [0, 0.05) is 23.2 Å². The van der Waals surface area contributed by atoms with E-state index in [0.29, 0.717) is 5.92 Å². The third-order valence-corrected chi connectivity index (χ3v) is 4.85. The zero-order valence-corrected chi connectivity index (χ0v) is 13.7. The predicted octanol–water partition coefficient (Wildman–Crippen LogP) is 1.06. The second kappa shape index (κ2) is 7.24. The third-order valence-electron chi connectivity index (χ3n) is 3.85. The minimum atomic E-state index is -0.0800. The molecule has 114 valence electrons. The standard InChI is InChI=1S/C13H21N3O2S.ClH/c1-8-4-5-14-6-11(8)15-12(17)7-16-9(2)10(3)19-13(16)18;/h8,11,14H,4-7H2,1-3H3,(H,15,17);1H. The maximum atomic E-state index is 12.0.